The molecule has 3 rings (SSSR count). The summed E-state index contributed by atoms with van der Waals surface area (Å²) in [5, 5.41) is 1.01. The number of esters is 1. The summed E-state index contributed by atoms with van der Waals surface area (Å²) in [4.78, 5) is 26.6. The third kappa shape index (κ3) is 2.38. The summed E-state index contributed by atoms with van der Waals surface area (Å²) >= 11 is 3.46. The first-order chi connectivity index (χ1) is 9.60. The van der Waals surface area contributed by atoms with Crippen LogP contribution in [0, 0.1) is 0 Å². The molecule has 1 saturated carbocycles. The van der Waals surface area contributed by atoms with E-state index in [9.17, 15) is 9.59 Å². The van der Waals surface area contributed by atoms with Gasteiger partial charge in [-0.15, -0.1) is 0 Å². The lowest BCUT2D eigenvalue weighted by Crippen LogP contribution is -2.20. The highest BCUT2D eigenvalue weighted by molar-refractivity contribution is 9.10. The summed E-state index contributed by atoms with van der Waals surface area (Å²) in [6.45, 7) is 0. The molecule has 0 bridgehead atoms. The average molecular weight is 336 g/mol. The summed E-state index contributed by atoms with van der Waals surface area (Å²) < 4.78 is 5.66. The molecule has 1 N–H and O–H groups in total. The van der Waals surface area contributed by atoms with Gasteiger partial charge in [-0.1, -0.05) is 15.9 Å². The van der Waals surface area contributed by atoms with E-state index in [0.717, 1.165) is 33.8 Å². The summed E-state index contributed by atoms with van der Waals surface area (Å²) in [6.07, 6.45) is 2.17. The van der Waals surface area contributed by atoms with Crippen molar-refractivity contribution in [1.29, 1.82) is 0 Å². The summed E-state index contributed by atoms with van der Waals surface area (Å²) in [5.41, 5.74) is 2.18. The van der Waals surface area contributed by atoms with Crippen molar-refractivity contribution in [2.75, 3.05) is 7.11 Å². The van der Waals surface area contributed by atoms with Crippen molar-refractivity contribution in [3.8, 4) is 0 Å². The Balaban J connectivity index is 2.26. The van der Waals surface area contributed by atoms with Crippen molar-refractivity contribution in [2.24, 2.45) is 0 Å². The lowest BCUT2D eigenvalue weighted by Gasteiger charge is -2.11. The monoisotopic (exact) mass is 335 g/mol. The summed E-state index contributed by atoms with van der Waals surface area (Å²) in [6, 6.07) is 5.78. The van der Waals surface area contributed by atoms with Crippen LogP contribution in [-0.2, 0) is 16.0 Å². The third-order valence-corrected chi connectivity index (χ3v) is 4.15. The molecule has 1 fully saturated rings. The Labute approximate surface area is 124 Å². The van der Waals surface area contributed by atoms with Gasteiger partial charge in [-0.3, -0.25) is 9.59 Å². The maximum Gasteiger partial charge on any atom is 0.310 e. The molecule has 5 heteroatoms. The zero-order valence-corrected chi connectivity index (χ0v) is 12.6. The van der Waals surface area contributed by atoms with Gasteiger partial charge in [0.05, 0.1) is 13.5 Å². The maximum absolute atomic E-state index is 12.2. The van der Waals surface area contributed by atoms with Crippen molar-refractivity contribution in [3.05, 3.63) is 44.2 Å². The maximum atomic E-state index is 12.2. The van der Waals surface area contributed by atoms with E-state index < -0.39 is 0 Å². The number of rotatable bonds is 3. The molecule has 1 heterocycles. The Kier molecular flexibility index (Phi) is 3.38. The molecule has 0 saturated heterocycles. The molecule has 0 unspecified atom stereocenters. The first kappa shape index (κ1) is 13.4. The van der Waals surface area contributed by atoms with Crippen LogP contribution in [0.3, 0.4) is 0 Å². The minimum Gasteiger partial charge on any atom is -0.469 e. The van der Waals surface area contributed by atoms with E-state index in [1.54, 1.807) is 0 Å². The predicted molar refractivity (Wildman–Crippen MR) is 80.0 cm³/mol. The van der Waals surface area contributed by atoms with Crippen LogP contribution in [0.25, 0.3) is 10.9 Å². The highest BCUT2D eigenvalue weighted by atomic mass is 79.9. The van der Waals surface area contributed by atoms with Gasteiger partial charge in [0.15, 0.2) is 0 Å². The molecule has 1 aliphatic carbocycles. The molecule has 1 aliphatic rings. The van der Waals surface area contributed by atoms with E-state index in [2.05, 4.69) is 20.9 Å². The number of pyridine rings is 1. The number of H-pyrrole nitrogens is 1. The fraction of sp³-hybridized carbons (Fsp3) is 0.333. The topological polar surface area (TPSA) is 59.2 Å². The minimum atomic E-state index is -0.383. The lowest BCUT2D eigenvalue weighted by molar-refractivity contribution is -0.139. The number of methoxy groups -OCH3 is 1. The first-order valence-corrected chi connectivity index (χ1v) is 7.30. The van der Waals surface area contributed by atoms with Gasteiger partial charge in [0.1, 0.15) is 0 Å². The molecule has 4 nitrogen and oxygen atoms in total. The number of hydrogen-bond donors (Lipinski definition) is 1. The smallest absolute Gasteiger partial charge is 0.310 e. The number of carbonyl (C=O) groups is 1. The number of benzene rings is 1. The number of aromatic nitrogens is 1. The van der Waals surface area contributed by atoms with Gasteiger partial charge in [-0.2, -0.15) is 0 Å². The van der Waals surface area contributed by atoms with Gasteiger partial charge >= 0.3 is 5.97 Å². The largest absolute Gasteiger partial charge is 0.469 e. The van der Waals surface area contributed by atoms with Crippen LogP contribution in [0.5, 0.6) is 0 Å². The zero-order chi connectivity index (χ0) is 14.3. The molecule has 104 valence electrons. The number of ether oxygens (including phenoxy) is 1. The van der Waals surface area contributed by atoms with E-state index in [4.69, 9.17) is 4.74 Å². The van der Waals surface area contributed by atoms with Crippen molar-refractivity contribution in [2.45, 2.75) is 25.2 Å². The van der Waals surface area contributed by atoms with Crippen molar-refractivity contribution in [1.82, 2.24) is 4.98 Å². The second kappa shape index (κ2) is 5.05. The van der Waals surface area contributed by atoms with E-state index >= 15 is 0 Å². The van der Waals surface area contributed by atoms with Gasteiger partial charge in [-0.05, 0) is 42.5 Å². The SMILES string of the molecule is COC(=O)Cc1c(C2CC2)c2cc(Br)ccc2[nH]c1=O. The quantitative estimate of drug-likeness (QED) is 0.877. The van der Waals surface area contributed by atoms with Gasteiger partial charge in [0, 0.05) is 20.9 Å². The number of nitrogens with one attached hydrogen (secondary N) is 1. The number of hydrogen-bond acceptors (Lipinski definition) is 3. The molecule has 0 aliphatic heterocycles. The molecule has 0 radical (unpaired) electrons. The molecule has 0 spiro atoms. The standard InChI is InChI=1S/C15H14BrNO3/c1-20-13(18)7-11-14(8-2-3-8)10-6-9(16)4-5-12(10)17-15(11)19/h4-6,8H,2-3,7H2,1H3,(H,17,19). The molecule has 0 atom stereocenters. The fourth-order valence-corrected chi connectivity index (χ4v) is 2.92. The zero-order valence-electron chi connectivity index (χ0n) is 11.0. The van der Waals surface area contributed by atoms with E-state index in [1.165, 1.54) is 7.11 Å². The Morgan fingerprint density at radius 2 is 2.20 bits per heavy atom. The Morgan fingerprint density at radius 3 is 2.85 bits per heavy atom. The van der Waals surface area contributed by atoms with Crippen LogP contribution in [0.2, 0.25) is 0 Å². The lowest BCUT2D eigenvalue weighted by atomic mass is 9.97. The van der Waals surface area contributed by atoms with Crippen LogP contribution >= 0.6 is 15.9 Å². The fourth-order valence-electron chi connectivity index (χ4n) is 2.56. The summed E-state index contributed by atoms with van der Waals surface area (Å²) in [5.74, 6) is 0.000466. The molecule has 2 aromatic rings. The molecule has 20 heavy (non-hydrogen) atoms. The Bertz CT molecular complexity index is 747. The molecular weight excluding hydrogens is 322 g/mol. The highest BCUT2D eigenvalue weighted by Gasteiger charge is 2.30. The normalized spacial score (nSPS) is 14.5. The first-order valence-electron chi connectivity index (χ1n) is 6.51. The van der Waals surface area contributed by atoms with E-state index in [0.29, 0.717) is 11.5 Å². The highest BCUT2D eigenvalue weighted by Crippen LogP contribution is 2.44. The molecule has 1 aromatic heterocycles. The third-order valence-electron chi connectivity index (χ3n) is 3.65. The molecular formula is C15H14BrNO3. The van der Waals surface area contributed by atoms with Crippen molar-refractivity contribution in [3.63, 3.8) is 0 Å². The van der Waals surface area contributed by atoms with Crippen LogP contribution in [0.4, 0.5) is 0 Å². The average Bonchev–Trinajstić information content (AvgIpc) is 3.24. The summed E-state index contributed by atoms with van der Waals surface area (Å²) in [7, 11) is 1.34. The van der Waals surface area contributed by atoms with Gasteiger partial charge in [0.25, 0.3) is 5.56 Å². The van der Waals surface area contributed by atoms with Crippen molar-refractivity contribution < 1.29 is 9.53 Å². The molecule has 0 amide bonds. The Morgan fingerprint density at radius 1 is 1.45 bits per heavy atom. The van der Waals surface area contributed by atoms with Gasteiger partial charge in [0.2, 0.25) is 0 Å². The van der Waals surface area contributed by atoms with Crippen LogP contribution in [0.1, 0.15) is 29.9 Å². The number of carbonyl (C=O) groups excluding carboxylic acids is 1. The van der Waals surface area contributed by atoms with E-state index in [1.807, 2.05) is 18.2 Å². The number of halogens is 1. The second-order valence-electron chi connectivity index (χ2n) is 5.06. The van der Waals surface area contributed by atoms with Crippen molar-refractivity contribution >= 4 is 32.8 Å². The van der Waals surface area contributed by atoms with Crippen LogP contribution < -0.4 is 5.56 Å². The van der Waals surface area contributed by atoms with Crippen LogP contribution in [-0.4, -0.2) is 18.1 Å². The minimum absolute atomic E-state index is 0.0279. The van der Waals surface area contributed by atoms with Gasteiger partial charge < -0.3 is 9.72 Å². The number of fused-ring (bicyclic) bond motifs is 1. The Hall–Kier alpha value is -1.62. The van der Waals surface area contributed by atoms with Gasteiger partial charge in [-0.25, -0.2) is 0 Å². The molecule has 1 aromatic carbocycles. The second-order valence-corrected chi connectivity index (χ2v) is 5.98. The number of aromatic amines is 1. The van der Waals surface area contributed by atoms with E-state index in [-0.39, 0.29) is 17.9 Å². The van der Waals surface area contributed by atoms with Crippen LogP contribution in [0.15, 0.2) is 27.5 Å². The predicted octanol–water partition coefficient (Wildman–Crippen LogP) is 2.88.